The van der Waals surface area contributed by atoms with Crippen molar-refractivity contribution in [3.63, 3.8) is 0 Å². The molecule has 1 saturated heterocycles. The van der Waals surface area contributed by atoms with Crippen LogP contribution in [-0.2, 0) is 0 Å². The van der Waals surface area contributed by atoms with E-state index < -0.39 is 0 Å². The van der Waals surface area contributed by atoms with Gasteiger partial charge in [-0.25, -0.2) is 0 Å². The summed E-state index contributed by atoms with van der Waals surface area (Å²) in [4.78, 5) is 2.49. The van der Waals surface area contributed by atoms with Crippen LogP contribution in [0.15, 0.2) is 30.3 Å². The van der Waals surface area contributed by atoms with Gasteiger partial charge < -0.3 is 14.4 Å². The van der Waals surface area contributed by atoms with Gasteiger partial charge in [0.05, 0.1) is 19.4 Å². The third kappa shape index (κ3) is 4.36. The highest BCUT2D eigenvalue weighted by Crippen LogP contribution is 2.32. The van der Waals surface area contributed by atoms with Crippen molar-refractivity contribution in [2.75, 3.05) is 33.4 Å². The van der Waals surface area contributed by atoms with Crippen LogP contribution in [0.5, 0.6) is 11.5 Å². The molecule has 24 heavy (non-hydrogen) atoms. The maximum Gasteiger partial charge on any atom is 0.161 e. The van der Waals surface area contributed by atoms with E-state index in [0.29, 0.717) is 17.5 Å². The minimum atomic E-state index is 0.378. The second kappa shape index (κ2) is 8.31. The van der Waals surface area contributed by atoms with Crippen LogP contribution >= 0.6 is 11.6 Å². The Morgan fingerprint density at radius 2 is 1.92 bits per heavy atom. The summed E-state index contributed by atoms with van der Waals surface area (Å²) in [6, 6.07) is 9.34. The molecule has 0 bridgehead atoms. The Labute approximate surface area is 147 Å². The van der Waals surface area contributed by atoms with Gasteiger partial charge in [-0.05, 0) is 62.7 Å². The van der Waals surface area contributed by atoms with Crippen LogP contribution in [-0.4, -0.2) is 48.4 Å². The van der Waals surface area contributed by atoms with Crippen molar-refractivity contribution in [2.24, 2.45) is 0 Å². The van der Waals surface area contributed by atoms with Crippen LogP contribution in [0.1, 0.15) is 19.3 Å². The van der Waals surface area contributed by atoms with E-state index in [1.807, 2.05) is 24.3 Å². The van der Waals surface area contributed by atoms with E-state index in [2.05, 4.69) is 15.1 Å². The molecule has 0 amide bonds. The lowest BCUT2D eigenvalue weighted by Crippen LogP contribution is -2.21. The monoisotopic (exact) mass is 347 g/mol. The summed E-state index contributed by atoms with van der Waals surface area (Å²) in [5, 5.41) is 8.34. The van der Waals surface area contributed by atoms with Gasteiger partial charge in [0.15, 0.2) is 16.7 Å². The van der Waals surface area contributed by atoms with Crippen LogP contribution in [0.25, 0.3) is 11.3 Å². The average Bonchev–Trinajstić information content (AvgIpc) is 3.13. The Bertz CT molecular complexity index is 658. The number of nitrogens with zero attached hydrogens (tertiary/aromatic N) is 3. The minimum Gasteiger partial charge on any atom is -0.493 e. The van der Waals surface area contributed by atoms with Crippen LogP contribution in [0, 0.1) is 0 Å². The summed E-state index contributed by atoms with van der Waals surface area (Å²) in [6.45, 7) is 4.23. The summed E-state index contributed by atoms with van der Waals surface area (Å²) in [5.41, 5.74) is 1.67. The second-order valence-electron chi connectivity index (χ2n) is 5.86. The number of rotatable bonds is 7. The molecule has 3 rings (SSSR count). The third-order valence-electron chi connectivity index (χ3n) is 4.17. The molecule has 1 fully saturated rings. The molecule has 6 heteroatoms. The molecule has 1 aliphatic rings. The molecule has 5 nitrogen and oxygen atoms in total. The Kier molecular flexibility index (Phi) is 5.88. The molecule has 0 N–H and O–H groups in total. The zero-order valence-corrected chi connectivity index (χ0v) is 14.6. The molecule has 2 heterocycles. The molecular weight excluding hydrogens is 326 g/mol. The number of methoxy groups -OCH3 is 1. The maximum atomic E-state index is 5.89. The van der Waals surface area contributed by atoms with Gasteiger partial charge in [0, 0.05) is 12.1 Å². The number of aromatic nitrogens is 2. The van der Waals surface area contributed by atoms with Crippen molar-refractivity contribution in [1.29, 1.82) is 0 Å². The van der Waals surface area contributed by atoms with Crippen molar-refractivity contribution in [2.45, 2.75) is 19.3 Å². The van der Waals surface area contributed by atoms with Gasteiger partial charge >= 0.3 is 0 Å². The van der Waals surface area contributed by atoms with Gasteiger partial charge in [0.25, 0.3) is 0 Å². The van der Waals surface area contributed by atoms with Crippen molar-refractivity contribution in [1.82, 2.24) is 15.1 Å². The van der Waals surface area contributed by atoms with Gasteiger partial charge in [-0.2, -0.15) is 0 Å². The Balaban J connectivity index is 1.60. The number of benzene rings is 1. The lowest BCUT2D eigenvalue weighted by atomic mass is 10.1. The molecule has 0 unspecified atom stereocenters. The van der Waals surface area contributed by atoms with Crippen molar-refractivity contribution < 1.29 is 9.47 Å². The molecule has 0 aliphatic carbocycles. The van der Waals surface area contributed by atoms with Gasteiger partial charge in [0.1, 0.15) is 0 Å². The van der Waals surface area contributed by atoms with Crippen LogP contribution in [0.4, 0.5) is 0 Å². The summed E-state index contributed by atoms with van der Waals surface area (Å²) in [6.07, 6.45) is 3.67. The number of halogens is 1. The molecule has 0 atom stereocenters. The zero-order valence-electron chi connectivity index (χ0n) is 13.9. The van der Waals surface area contributed by atoms with Crippen molar-refractivity contribution in [3.8, 4) is 22.8 Å². The normalized spacial score (nSPS) is 14.8. The van der Waals surface area contributed by atoms with E-state index in [0.717, 1.165) is 30.0 Å². The first-order valence-corrected chi connectivity index (χ1v) is 8.67. The first-order valence-electron chi connectivity index (χ1n) is 8.29. The summed E-state index contributed by atoms with van der Waals surface area (Å²) < 4.78 is 11.3. The van der Waals surface area contributed by atoms with E-state index in [9.17, 15) is 0 Å². The van der Waals surface area contributed by atoms with Crippen LogP contribution in [0.2, 0.25) is 5.15 Å². The molecule has 0 radical (unpaired) electrons. The Morgan fingerprint density at radius 3 is 2.62 bits per heavy atom. The standard InChI is InChI=1S/C18H22ClN3O2/c1-23-17-13-14(15-6-8-18(19)21-20-15)5-7-16(17)24-12-4-11-22-9-2-3-10-22/h5-8,13H,2-4,9-12H2,1H3. The van der Waals surface area contributed by atoms with E-state index in [4.69, 9.17) is 21.1 Å². The number of likely N-dealkylation sites (tertiary alicyclic amines) is 1. The molecule has 0 spiro atoms. The fraction of sp³-hybridized carbons (Fsp3) is 0.444. The predicted octanol–water partition coefficient (Wildman–Crippen LogP) is 3.67. The van der Waals surface area contributed by atoms with Crippen LogP contribution in [0.3, 0.4) is 0 Å². The molecule has 0 saturated carbocycles. The van der Waals surface area contributed by atoms with E-state index in [1.54, 1.807) is 13.2 Å². The third-order valence-corrected chi connectivity index (χ3v) is 4.37. The Hall–Kier alpha value is -1.85. The van der Waals surface area contributed by atoms with Gasteiger partial charge in [-0.15, -0.1) is 10.2 Å². The molecule has 128 valence electrons. The largest absolute Gasteiger partial charge is 0.493 e. The summed E-state index contributed by atoms with van der Waals surface area (Å²) in [5.74, 6) is 1.45. The fourth-order valence-electron chi connectivity index (χ4n) is 2.89. The molecular formula is C18H22ClN3O2. The smallest absolute Gasteiger partial charge is 0.161 e. The number of ether oxygens (including phenoxy) is 2. The lowest BCUT2D eigenvalue weighted by molar-refractivity contribution is 0.254. The molecule has 2 aromatic rings. The fourth-order valence-corrected chi connectivity index (χ4v) is 2.99. The van der Waals surface area contributed by atoms with Gasteiger partial charge in [-0.1, -0.05) is 11.6 Å². The first-order chi connectivity index (χ1) is 11.8. The summed E-state index contributed by atoms with van der Waals surface area (Å²) in [7, 11) is 1.64. The quantitative estimate of drug-likeness (QED) is 0.715. The van der Waals surface area contributed by atoms with Crippen LogP contribution < -0.4 is 9.47 Å². The highest BCUT2D eigenvalue weighted by atomic mass is 35.5. The van der Waals surface area contributed by atoms with E-state index in [1.165, 1.54) is 25.9 Å². The first kappa shape index (κ1) is 17.0. The van der Waals surface area contributed by atoms with Crippen molar-refractivity contribution in [3.05, 3.63) is 35.5 Å². The van der Waals surface area contributed by atoms with E-state index in [-0.39, 0.29) is 0 Å². The van der Waals surface area contributed by atoms with Gasteiger partial charge in [0.2, 0.25) is 0 Å². The highest BCUT2D eigenvalue weighted by molar-refractivity contribution is 6.29. The average molecular weight is 348 g/mol. The van der Waals surface area contributed by atoms with Gasteiger partial charge in [-0.3, -0.25) is 0 Å². The number of hydrogen-bond donors (Lipinski definition) is 0. The molecule has 1 aliphatic heterocycles. The molecule has 1 aromatic heterocycles. The minimum absolute atomic E-state index is 0.378. The maximum absolute atomic E-state index is 5.89. The highest BCUT2D eigenvalue weighted by Gasteiger charge is 2.12. The predicted molar refractivity (Wildman–Crippen MR) is 94.8 cm³/mol. The topological polar surface area (TPSA) is 47.5 Å². The van der Waals surface area contributed by atoms with E-state index >= 15 is 0 Å². The number of hydrogen-bond acceptors (Lipinski definition) is 5. The molecule has 1 aromatic carbocycles. The second-order valence-corrected chi connectivity index (χ2v) is 6.24. The van der Waals surface area contributed by atoms with Crippen molar-refractivity contribution >= 4 is 11.6 Å². The Morgan fingerprint density at radius 1 is 1.08 bits per heavy atom. The SMILES string of the molecule is COc1cc(-c2ccc(Cl)nn2)ccc1OCCCN1CCCC1. The lowest BCUT2D eigenvalue weighted by Gasteiger charge is -2.15. The zero-order chi connectivity index (χ0) is 16.8. The summed E-state index contributed by atoms with van der Waals surface area (Å²) >= 11 is 5.78.